The van der Waals surface area contributed by atoms with Gasteiger partial charge >= 0.3 is 0 Å². The Morgan fingerprint density at radius 3 is 2.75 bits per heavy atom. The lowest BCUT2D eigenvalue weighted by Crippen LogP contribution is -2.04. The van der Waals surface area contributed by atoms with Gasteiger partial charge in [-0.15, -0.1) is 0 Å². The molecule has 0 aromatic heterocycles. The highest BCUT2D eigenvalue weighted by molar-refractivity contribution is 5.20. The van der Waals surface area contributed by atoms with E-state index < -0.39 is 0 Å². The van der Waals surface area contributed by atoms with Crippen LogP contribution in [-0.2, 0) is 9.47 Å². The van der Waals surface area contributed by atoms with E-state index in [2.05, 4.69) is 6.08 Å². The Kier molecular flexibility index (Phi) is 3.20. The fourth-order valence-corrected chi connectivity index (χ4v) is 1.16. The van der Waals surface area contributed by atoms with E-state index in [1.165, 1.54) is 0 Å². The number of methoxy groups -OCH3 is 1. The minimum atomic E-state index is 0.240. The van der Waals surface area contributed by atoms with Gasteiger partial charge in [0.15, 0.2) is 0 Å². The van der Waals surface area contributed by atoms with Crippen molar-refractivity contribution in [2.75, 3.05) is 7.11 Å². The molecule has 0 aromatic carbocycles. The van der Waals surface area contributed by atoms with Crippen molar-refractivity contribution in [3.05, 3.63) is 23.7 Å². The summed E-state index contributed by atoms with van der Waals surface area (Å²) in [6.07, 6.45) is 6.30. The third-order valence-electron chi connectivity index (χ3n) is 1.67. The van der Waals surface area contributed by atoms with Crippen LogP contribution in [0, 0.1) is 0 Å². The van der Waals surface area contributed by atoms with Crippen molar-refractivity contribution in [2.24, 2.45) is 0 Å². The van der Waals surface area contributed by atoms with E-state index >= 15 is 0 Å². The Bertz CT molecular complexity index is 202. The number of hydrogen-bond donors (Lipinski definition) is 0. The van der Waals surface area contributed by atoms with Gasteiger partial charge in [0.25, 0.3) is 0 Å². The summed E-state index contributed by atoms with van der Waals surface area (Å²) in [7, 11) is 1.70. The van der Waals surface area contributed by atoms with Crippen LogP contribution in [0.1, 0.15) is 26.7 Å². The predicted octanol–water partition coefficient (Wildman–Crippen LogP) is 2.62. The Hall–Kier alpha value is -0.920. The summed E-state index contributed by atoms with van der Waals surface area (Å²) in [5.41, 5.74) is 0. The second kappa shape index (κ2) is 4.19. The normalized spacial score (nSPS) is 17.0. The lowest BCUT2D eigenvalue weighted by molar-refractivity contribution is 0.152. The second-order valence-electron chi connectivity index (χ2n) is 3.13. The van der Waals surface area contributed by atoms with Gasteiger partial charge < -0.3 is 9.47 Å². The zero-order chi connectivity index (χ0) is 8.97. The van der Waals surface area contributed by atoms with E-state index in [0.29, 0.717) is 0 Å². The fourth-order valence-electron chi connectivity index (χ4n) is 1.16. The minimum Gasteiger partial charge on any atom is -0.501 e. The molecule has 0 amide bonds. The van der Waals surface area contributed by atoms with Gasteiger partial charge in [-0.1, -0.05) is 0 Å². The topological polar surface area (TPSA) is 18.5 Å². The van der Waals surface area contributed by atoms with E-state index in [4.69, 9.17) is 9.47 Å². The van der Waals surface area contributed by atoms with Crippen LogP contribution in [0.2, 0.25) is 0 Å². The second-order valence-corrected chi connectivity index (χ2v) is 3.13. The molecule has 0 spiro atoms. The smallest absolute Gasteiger partial charge is 0.119 e. The van der Waals surface area contributed by atoms with Crippen LogP contribution in [0.5, 0.6) is 0 Å². The van der Waals surface area contributed by atoms with Crippen molar-refractivity contribution >= 4 is 0 Å². The molecule has 12 heavy (non-hydrogen) atoms. The molecule has 0 atom stereocenters. The van der Waals surface area contributed by atoms with Crippen molar-refractivity contribution in [1.82, 2.24) is 0 Å². The maximum Gasteiger partial charge on any atom is 0.119 e. The summed E-state index contributed by atoms with van der Waals surface area (Å²) >= 11 is 0. The third-order valence-corrected chi connectivity index (χ3v) is 1.67. The first kappa shape index (κ1) is 9.17. The standard InChI is InChI=1S/C10H16O2/c1-8(2)12-10-6-4-5-9(7-10)11-3/h6-8H,4-5H2,1-3H3. The molecule has 0 aliphatic heterocycles. The average molecular weight is 168 g/mol. The maximum absolute atomic E-state index is 5.53. The van der Waals surface area contributed by atoms with Gasteiger partial charge in [-0.05, 0) is 26.3 Å². The Balaban J connectivity index is 2.54. The molecule has 1 aliphatic carbocycles. The van der Waals surface area contributed by atoms with Gasteiger partial charge in [-0.25, -0.2) is 0 Å². The van der Waals surface area contributed by atoms with Gasteiger partial charge in [-0.2, -0.15) is 0 Å². The van der Waals surface area contributed by atoms with Crippen LogP contribution in [0.25, 0.3) is 0 Å². The highest BCUT2D eigenvalue weighted by Gasteiger charge is 2.06. The number of hydrogen-bond acceptors (Lipinski definition) is 2. The van der Waals surface area contributed by atoms with Crippen LogP contribution in [0.15, 0.2) is 23.7 Å². The van der Waals surface area contributed by atoms with Crippen molar-refractivity contribution in [3.63, 3.8) is 0 Å². The molecule has 68 valence electrons. The van der Waals surface area contributed by atoms with E-state index in [1.54, 1.807) is 7.11 Å². The molecule has 0 fully saturated rings. The van der Waals surface area contributed by atoms with Crippen LogP contribution in [0.4, 0.5) is 0 Å². The van der Waals surface area contributed by atoms with E-state index in [1.807, 2.05) is 19.9 Å². The lowest BCUT2D eigenvalue weighted by Gasteiger charge is -2.15. The zero-order valence-corrected chi connectivity index (χ0v) is 7.96. The summed E-state index contributed by atoms with van der Waals surface area (Å²) in [5, 5.41) is 0. The first-order valence-corrected chi connectivity index (χ1v) is 4.33. The predicted molar refractivity (Wildman–Crippen MR) is 48.6 cm³/mol. The summed E-state index contributed by atoms with van der Waals surface area (Å²) < 4.78 is 10.7. The van der Waals surface area contributed by atoms with Crippen molar-refractivity contribution < 1.29 is 9.47 Å². The van der Waals surface area contributed by atoms with Gasteiger partial charge in [0.2, 0.25) is 0 Å². The zero-order valence-electron chi connectivity index (χ0n) is 7.96. The van der Waals surface area contributed by atoms with Gasteiger partial charge in [0, 0.05) is 12.5 Å². The van der Waals surface area contributed by atoms with Gasteiger partial charge in [0.1, 0.15) is 5.76 Å². The fraction of sp³-hybridized carbons (Fsp3) is 0.600. The number of rotatable bonds is 3. The summed E-state index contributed by atoms with van der Waals surface area (Å²) in [6, 6.07) is 0. The molecular formula is C10H16O2. The van der Waals surface area contributed by atoms with Crippen LogP contribution in [0.3, 0.4) is 0 Å². The van der Waals surface area contributed by atoms with E-state index in [0.717, 1.165) is 24.4 Å². The van der Waals surface area contributed by atoms with Crippen LogP contribution < -0.4 is 0 Å². The Labute approximate surface area is 73.9 Å². The molecule has 1 aliphatic rings. The highest BCUT2D eigenvalue weighted by atomic mass is 16.5. The summed E-state index contributed by atoms with van der Waals surface area (Å²) in [6.45, 7) is 4.05. The van der Waals surface area contributed by atoms with E-state index in [-0.39, 0.29) is 6.10 Å². The van der Waals surface area contributed by atoms with Crippen molar-refractivity contribution in [3.8, 4) is 0 Å². The maximum atomic E-state index is 5.53. The molecule has 0 N–H and O–H groups in total. The first-order chi connectivity index (χ1) is 5.72. The molecule has 0 radical (unpaired) electrons. The molecule has 0 saturated carbocycles. The molecule has 0 bridgehead atoms. The summed E-state index contributed by atoms with van der Waals surface area (Å²) in [4.78, 5) is 0. The highest BCUT2D eigenvalue weighted by Crippen LogP contribution is 2.19. The SMILES string of the molecule is COC1=CC(OC(C)C)=CCC1. The number of allylic oxidation sites excluding steroid dienone is 3. The van der Waals surface area contributed by atoms with Crippen LogP contribution >= 0.6 is 0 Å². The quantitative estimate of drug-likeness (QED) is 0.645. The molecule has 0 unspecified atom stereocenters. The average Bonchev–Trinajstić information content (AvgIpc) is 2.03. The van der Waals surface area contributed by atoms with Crippen LogP contribution in [-0.4, -0.2) is 13.2 Å². The molecule has 2 nitrogen and oxygen atoms in total. The third kappa shape index (κ3) is 2.61. The lowest BCUT2D eigenvalue weighted by atomic mass is 10.1. The first-order valence-electron chi connectivity index (χ1n) is 4.33. The minimum absolute atomic E-state index is 0.240. The molecule has 1 rings (SSSR count). The monoisotopic (exact) mass is 168 g/mol. The molecular weight excluding hydrogens is 152 g/mol. The van der Waals surface area contributed by atoms with Crippen molar-refractivity contribution in [2.45, 2.75) is 32.8 Å². The van der Waals surface area contributed by atoms with E-state index in [9.17, 15) is 0 Å². The Morgan fingerprint density at radius 1 is 1.42 bits per heavy atom. The summed E-state index contributed by atoms with van der Waals surface area (Å²) in [5.74, 6) is 1.95. The van der Waals surface area contributed by atoms with Crippen molar-refractivity contribution in [1.29, 1.82) is 0 Å². The van der Waals surface area contributed by atoms with Gasteiger partial charge in [-0.3, -0.25) is 0 Å². The largest absolute Gasteiger partial charge is 0.501 e. The molecule has 0 aromatic rings. The molecule has 2 heteroatoms. The molecule has 0 saturated heterocycles. The van der Waals surface area contributed by atoms with Gasteiger partial charge in [0.05, 0.1) is 19.0 Å². The molecule has 0 heterocycles. The number of ether oxygens (including phenoxy) is 2. The Morgan fingerprint density at radius 2 is 2.17 bits per heavy atom.